The third-order valence-corrected chi connectivity index (χ3v) is 10.1. The van der Waals surface area contributed by atoms with Gasteiger partial charge in [-0.3, -0.25) is 14.4 Å². The number of likely N-dealkylation sites (N-methyl/N-ethyl adjacent to an activating group) is 1. The molecule has 10 nitrogen and oxygen atoms in total. The van der Waals surface area contributed by atoms with Crippen LogP contribution < -0.4 is 10.6 Å². The van der Waals surface area contributed by atoms with Crippen molar-refractivity contribution >= 4 is 40.2 Å². The topological polar surface area (TPSA) is 115 Å². The van der Waals surface area contributed by atoms with Gasteiger partial charge in [-0.2, -0.15) is 0 Å². The Balaban J connectivity index is 1.42. The molecule has 3 amide bonds. The number of likely N-dealkylation sites (tertiary alicyclic amines) is 2. The zero-order valence-electron chi connectivity index (χ0n) is 28.3. The number of amides is 3. The van der Waals surface area contributed by atoms with E-state index in [4.69, 9.17) is 4.98 Å². The second-order valence-electron chi connectivity index (χ2n) is 14.3. The molecule has 4 heterocycles. The zero-order chi connectivity index (χ0) is 34.3. The van der Waals surface area contributed by atoms with Crippen molar-refractivity contribution in [1.29, 1.82) is 0 Å². The SMILES string of the molecule is CNC(C)C(=O)NC(C(=O)N1CCCC1Cc1c(-c2nc3cc(F)ccc3n2CC2CCCN2C=O)[nH]c2cc(F)ccc12)C(C)(C)C. The molecule has 0 saturated carbocycles. The Hall–Kier alpha value is -4.32. The van der Waals surface area contributed by atoms with Crippen LogP contribution in [0.3, 0.4) is 0 Å². The second-order valence-corrected chi connectivity index (χ2v) is 14.3. The Kier molecular flexibility index (Phi) is 9.30. The second kappa shape index (κ2) is 13.3. The first-order valence-electron chi connectivity index (χ1n) is 16.8. The molecule has 0 aliphatic carbocycles. The molecule has 2 saturated heterocycles. The van der Waals surface area contributed by atoms with Crippen molar-refractivity contribution in [2.24, 2.45) is 5.41 Å². The van der Waals surface area contributed by atoms with E-state index in [9.17, 15) is 23.2 Å². The predicted octanol–water partition coefficient (Wildman–Crippen LogP) is 4.76. The van der Waals surface area contributed by atoms with Gasteiger partial charge < -0.3 is 30.0 Å². The van der Waals surface area contributed by atoms with Crippen LogP contribution in [-0.4, -0.2) is 86.9 Å². The van der Waals surface area contributed by atoms with Gasteiger partial charge in [-0.05, 0) is 87.4 Å². The Morgan fingerprint density at radius 3 is 2.50 bits per heavy atom. The average Bonchev–Trinajstić information content (AvgIpc) is 3.84. The molecule has 3 N–H and O–H groups in total. The van der Waals surface area contributed by atoms with Crippen LogP contribution in [0.5, 0.6) is 0 Å². The van der Waals surface area contributed by atoms with E-state index in [2.05, 4.69) is 15.6 Å². The number of aromatic nitrogens is 3. The molecule has 0 spiro atoms. The number of aromatic amines is 1. The van der Waals surface area contributed by atoms with E-state index < -0.39 is 23.3 Å². The van der Waals surface area contributed by atoms with E-state index in [0.717, 1.165) is 48.6 Å². The van der Waals surface area contributed by atoms with Crippen LogP contribution >= 0.6 is 0 Å². The van der Waals surface area contributed by atoms with Gasteiger partial charge in [-0.1, -0.05) is 20.8 Å². The summed E-state index contributed by atoms with van der Waals surface area (Å²) in [5.41, 5.74) is 2.83. The lowest BCUT2D eigenvalue weighted by Crippen LogP contribution is -2.58. The number of halogens is 2. The van der Waals surface area contributed by atoms with Gasteiger partial charge in [-0.25, -0.2) is 13.8 Å². The summed E-state index contributed by atoms with van der Waals surface area (Å²) in [6.45, 7) is 9.29. The summed E-state index contributed by atoms with van der Waals surface area (Å²) in [4.78, 5) is 51.0. The minimum atomic E-state index is -0.732. The van der Waals surface area contributed by atoms with Gasteiger partial charge >= 0.3 is 0 Å². The van der Waals surface area contributed by atoms with E-state index in [1.807, 2.05) is 30.2 Å². The van der Waals surface area contributed by atoms with Gasteiger partial charge in [0, 0.05) is 48.7 Å². The first-order valence-corrected chi connectivity index (χ1v) is 16.8. The van der Waals surface area contributed by atoms with E-state index in [0.29, 0.717) is 48.6 Å². The summed E-state index contributed by atoms with van der Waals surface area (Å²) < 4.78 is 31.1. The van der Waals surface area contributed by atoms with E-state index in [-0.39, 0.29) is 29.7 Å². The van der Waals surface area contributed by atoms with Crippen molar-refractivity contribution in [1.82, 2.24) is 35.0 Å². The lowest BCUT2D eigenvalue weighted by atomic mass is 9.85. The first-order chi connectivity index (χ1) is 22.9. The van der Waals surface area contributed by atoms with Crippen molar-refractivity contribution in [2.45, 2.75) is 90.5 Å². The van der Waals surface area contributed by atoms with Gasteiger partial charge in [-0.15, -0.1) is 0 Å². The maximum absolute atomic E-state index is 14.6. The summed E-state index contributed by atoms with van der Waals surface area (Å²) in [5, 5.41) is 6.75. The lowest BCUT2D eigenvalue weighted by Gasteiger charge is -2.36. The third-order valence-electron chi connectivity index (χ3n) is 10.1. The quantitative estimate of drug-likeness (QED) is 0.212. The predicted molar refractivity (Wildman–Crippen MR) is 181 cm³/mol. The van der Waals surface area contributed by atoms with E-state index in [1.54, 1.807) is 31.0 Å². The van der Waals surface area contributed by atoms with E-state index in [1.165, 1.54) is 24.3 Å². The Morgan fingerprint density at radius 2 is 1.77 bits per heavy atom. The van der Waals surface area contributed by atoms with Gasteiger partial charge in [0.25, 0.3) is 0 Å². The zero-order valence-corrected chi connectivity index (χ0v) is 28.3. The highest BCUT2D eigenvalue weighted by Gasteiger charge is 2.40. The molecule has 4 unspecified atom stereocenters. The van der Waals surface area contributed by atoms with Crippen molar-refractivity contribution in [2.75, 3.05) is 20.1 Å². The summed E-state index contributed by atoms with van der Waals surface area (Å²) >= 11 is 0. The van der Waals surface area contributed by atoms with Crippen LogP contribution in [0.15, 0.2) is 36.4 Å². The number of benzene rings is 2. The summed E-state index contributed by atoms with van der Waals surface area (Å²) in [5.74, 6) is -0.600. The van der Waals surface area contributed by atoms with Crippen molar-refractivity contribution in [3.05, 3.63) is 53.6 Å². The Labute approximate surface area is 279 Å². The number of hydrogen-bond acceptors (Lipinski definition) is 5. The number of carbonyl (C=O) groups is 3. The molecule has 2 aromatic carbocycles. The smallest absolute Gasteiger partial charge is 0.245 e. The van der Waals surface area contributed by atoms with Crippen LogP contribution in [0, 0.1) is 17.0 Å². The molecule has 0 bridgehead atoms. The number of H-pyrrole nitrogens is 1. The molecule has 6 rings (SSSR count). The Bertz CT molecular complexity index is 1840. The maximum Gasteiger partial charge on any atom is 0.245 e. The molecule has 12 heteroatoms. The first kappa shape index (κ1) is 33.6. The molecule has 2 aliphatic rings. The highest BCUT2D eigenvalue weighted by Crippen LogP contribution is 2.37. The molecule has 256 valence electrons. The van der Waals surface area contributed by atoms with Gasteiger partial charge in [0.05, 0.1) is 22.8 Å². The molecule has 0 radical (unpaired) electrons. The number of rotatable bonds is 10. The van der Waals surface area contributed by atoms with Crippen LogP contribution in [-0.2, 0) is 27.3 Å². The highest BCUT2D eigenvalue weighted by atomic mass is 19.1. The molecular formula is C36H45F2N7O3. The summed E-state index contributed by atoms with van der Waals surface area (Å²) in [6, 6.07) is 7.71. The highest BCUT2D eigenvalue weighted by molar-refractivity contribution is 5.93. The minimum Gasteiger partial charge on any atom is -0.352 e. The molecule has 2 aliphatic heterocycles. The number of nitrogens with zero attached hydrogens (tertiary/aromatic N) is 4. The normalized spacial score (nSPS) is 19.7. The molecule has 2 fully saturated rings. The number of fused-ring (bicyclic) bond motifs is 2. The molecule has 48 heavy (non-hydrogen) atoms. The fraction of sp³-hybridized carbons (Fsp3) is 0.500. The van der Waals surface area contributed by atoms with E-state index >= 15 is 0 Å². The summed E-state index contributed by atoms with van der Waals surface area (Å²) in [6.07, 6.45) is 4.64. The standard InChI is InChI=1S/C36H45F2N7O3/c1-21(39-5)34(47)42-32(36(2,3)4)35(48)44-15-7-8-24(44)18-27-26-12-10-22(37)16-28(26)40-31(27)33-41-29-17-23(38)11-13-30(29)45(33)19-25-9-6-14-43(25)20-46/h10-13,16-17,20-21,24-25,32,39-40H,6-9,14-15,18-19H2,1-5H3,(H,42,47). The van der Waals surface area contributed by atoms with Crippen molar-refractivity contribution in [3.63, 3.8) is 0 Å². The van der Waals surface area contributed by atoms with Crippen molar-refractivity contribution in [3.8, 4) is 11.5 Å². The minimum absolute atomic E-state index is 0.0490. The molecule has 4 atom stereocenters. The van der Waals surface area contributed by atoms with Gasteiger partial charge in [0.1, 0.15) is 17.7 Å². The molecule has 2 aromatic heterocycles. The monoisotopic (exact) mass is 661 g/mol. The van der Waals surface area contributed by atoms with Crippen LogP contribution in [0.4, 0.5) is 8.78 Å². The van der Waals surface area contributed by atoms with Crippen LogP contribution in [0.1, 0.15) is 58.9 Å². The number of imidazole rings is 1. The molecule has 4 aromatic rings. The average molecular weight is 662 g/mol. The largest absolute Gasteiger partial charge is 0.352 e. The number of hydrogen-bond donors (Lipinski definition) is 3. The van der Waals surface area contributed by atoms with Crippen molar-refractivity contribution < 1.29 is 23.2 Å². The summed E-state index contributed by atoms with van der Waals surface area (Å²) in [7, 11) is 1.70. The fourth-order valence-electron chi connectivity index (χ4n) is 7.30. The maximum atomic E-state index is 14.6. The fourth-order valence-corrected chi connectivity index (χ4v) is 7.30. The van der Waals surface area contributed by atoms with Crippen LogP contribution in [0.25, 0.3) is 33.5 Å². The Morgan fingerprint density at radius 1 is 1.06 bits per heavy atom. The molecular weight excluding hydrogens is 616 g/mol. The lowest BCUT2D eigenvalue weighted by molar-refractivity contribution is -0.140. The van der Waals surface area contributed by atoms with Gasteiger partial charge in [0.2, 0.25) is 18.2 Å². The number of nitrogens with one attached hydrogen (secondary N) is 3. The third kappa shape index (κ3) is 6.42. The number of carbonyl (C=O) groups excluding carboxylic acids is 3. The van der Waals surface area contributed by atoms with Crippen LogP contribution in [0.2, 0.25) is 0 Å². The van der Waals surface area contributed by atoms with Gasteiger partial charge in [0.15, 0.2) is 5.82 Å².